The van der Waals surface area contributed by atoms with Gasteiger partial charge in [0.1, 0.15) is 0 Å². The zero-order valence-electron chi connectivity index (χ0n) is 11.4. The van der Waals surface area contributed by atoms with Crippen molar-refractivity contribution in [2.75, 3.05) is 25.0 Å². The molecule has 3 nitrogen and oxygen atoms in total. The number of carbonyl (C=O) groups is 1. The number of fused-ring (bicyclic) bond motifs is 1. The number of para-hydroxylation sites is 1. The van der Waals surface area contributed by atoms with Crippen LogP contribution in [0.2, 0.25) is 0 Å². The maximum absolute atomic E-state index is 12.4. The Morgan fingerprint density at radius 3 is 3.11 bits per heavy atom. The Morgan fingerprint density at radius 2 is 2.26 bits per heavy atom. The Kier molecular flexibility index (Phi) is 3.28. The first kappa shape index (κ1) is 12.3. The van der Waals surface area contributed by atoms with Crippen molar-refractivity contribution >= 4 is 11.6 Å². The topological polar surface area (TPSA) is 32.3 Å². The van der Waals surface area contributed by atoms with Crippen LogP contribution in [0.5, 0.6) is 0 Å². The molecule has 2 aliphatic heterocycles. The van der Waals surface area contributed by atoms with E-state index >= 15 is 0 Å². The number of hydrogen-bond donors (Lipinski definition) is 1. The van der Waals surface area contributed by atoms with E-state index in [1.54, 1.807) is 0 Å². The summed E-state index contributed by atoms with van der Waals surface area (Å²) in [4.78, 5) is 14.4. The third kappa shape index (κ3) is 2.50. The molecule has 0 spiro atoms. The van der Waals surface area contributed by atoms with E-state index in [-0.39, 0.29) is 5.91 Å². The summed E-state index contributed by atoms with van der Waals surface area (Å²) >= 11 is 0. The first-order valence-electron chi connectivity index (χ1n) is 7.00. The van der Waals surface area contributed by atoms with E-state index < -0.39 is 0 Å². The molecule has 3 heteroatoms. The summed E-state index contributed by atoms with van der Waals surface area (Å²) in [6.07, 6.45) is 3.85. The summed E-state index contributed by atoms with van der Waals surface area (Å²) in [5.41, 5.74) is 3.79. The average Bonchev–Trinajstić information content (AvgIpc) is 2.82. The molecule has 1 aromatic rings. The summed E-state index contributed by atoms with van der Waals surface area (Å²) in [6, 6.07) is 8.31. The Balaban J connectivity index is 1.67. The first-order valence-corrected chi connectivity index (χ1v) is 7.00. The Hall–Kier alpha value is -1.77. The Morgan fingerprint density at radius 1 is 1.42 bits per heavy atom. The van der Waals surface area contributed by atoms with Gasteiger partial charge in [0.15, 0.2) is 0 Å². The smallest absolute Gasteiger partial charge is 0.223 e. The van der Waals surface area contributed by atoms with Crippen molar-refractivity contribution in [3.05, 3.63) is 41.5 Å². The van der Waals surface area contributed by atoms with Crippen molar-refractivity contribution in [1.82, 2.24) is 4.90 Å². The lowest BCUT2D eigenvalue weighted by atomic mass is 9.97. The van der Waals surface area contributed by atoms with Gasteiger partial charge in [-0.3, -0.25) is 4.79 Å². The number of hydrogen-bond acceptors (Lipinski definition) is 2. The normalized spacial score (nSPS) is 21.6. The van der Waals surface area contributed by atoms with Gasteiger partial charge in [0.2, 0.25) is 5.91 Å². The monoisotopic (exact) mass is 256 g/mol. The van der Waals surface area contributed by atoms with Crippen molar-refractivity contribution in [3.8, 4) is 0 Å². The van der Waals surface area contributed by atoms with Crippen LogP contribution >= 0.6 is 0 Å². The fourth-order valence-electron chi connectivity index (χ4n) is 3.00. The average molecular weight is 256 g/mol. The Bertz CT molecular complexity index is 521. The Labute approximate surface area is 114 Å². The number of nitrogens with one attached hydrogen (secondary N) is 1. The zero-order valence-corrected chi connectivity index (χ0v) is 11.4. The molecule has 1 amide bonds. The maximum Gasteiger partial charge on any atom is 0.223 e. The number of carbonyl (C=O) groups excluding carboxylic acids is 1. The predicted octanol–water partition coefficient (Wildman–Crippen LogP) is 2.76. The highest BCUT2D eigenvalue weighted by Gasteiger charge is 2.26. The van der Waals surface area contributed by atoms with Crippen LogP contribution in [0.15, 0.2) is 35.9 Å². The van der Waals surface area contributed by atoms with Gasteiger partial charge in [-0.15, -0.1) is 0 Å². The van der Waals surface area contributed by atoms with Gasteiger partial charge in [-0.2, -0.15) is 0 Å². The van der Waals surface area contributed by atoms with Crippen LogP contribution in [0.1, 0.15) is 31.2 Å². The number of nitrogens with zero attached hydrogens (tertiary/aromatic N) is 1. The second kappa shape index (κ2) is 5.08. The lowest BCUT2D eigenvalue weighted by molar-refractivity contribution is -0.131. The summed E-state index contributed by atoms with van der Waals surface area (Å²) < 4.78 is 0. The molecule has 1 N–H and O–H groups in total. The molecule has 100 valence electrons. The van der Waals surface area contributed by atoms with Crippen LogP contribution in [-0.2, 0) is 4.79 Å². The molecule has 0 fully saturated rings. The van der Waals surface area contributed by atoms with Gasteiger partial charge in [0, 0.05) is 37.7 Å². The van der Waals surface area contributed by atoms with Crippen LogP contribution in [0.3, 0.4) is 0 Å². The number of benzene rings is 1. The van der Waals surface area contributed by atoms with Crippen LogP contribution in [0.4, 0.5) is 5.69 Å². The summed E-state index contributed by atoms with van der Waals surface area (Å²) in [6.45, 7) is 4.66. The molecule has 2 heterocycles. The molecule has 0 aromatic heterocycles. The summed E-state index contributed by atoms with van der Waals surface area (Å²) in [7, 11) is 0. The molecule has 0 bridgehead atoms. The highest BCUT2D eigenvalue weighted by molar-refractivity contribution is 5.78. The fourth-order valence-corrected chi connectivity index (χ4v) is 3.00. The van der Waals surface area contributed by atoms with Gasteiger partial charge in [-0.1, -0.05) is 29.8 Å². The highest BCUT2D eigenvalue weighted by Crippen LogP contribution is 2.33. The van der Waals surface area contributed by atoms with Crippen LogP contribution in [0.25, 0.3) is 0 Å². The largest absolute Gasteiger partial charge is 0.384 e. The van der Waals surface area contributed by atoms with E-state index in [9.17, 15) is 4.79 Å². The predicted molar refractivity (Wildman–Crippen MR) is 77.2 cm³/mol. The van der Waals surface area contributed by atoms with E-state index in [1.807, 2.05) is 11.0 Å². The minimum Gasteiger partial charge on any atom is -0.384 e. The quantitative estimate of drug-likeness (QED) is 0.825. The zero-order chi connectivity index (χ0) is 13.2. The van der Waals surface area contributed by atoms with E-state index in [4.69, 9.17) is 0 Å². The van der Waals surface area contributed by atoms with Gasteiger partial charge < -0.3 is 10.2 Å². The van der Waals surface area contributed by atoms with Crippen molar-refractivity contribution in [1.29, 1.82) is 0 Å². The maximum atomic E-state index is 12.4. The van der Waals surface area contributed by atoms with Crippen molar-refractivity contribution in [3.63, 3.8) is 0 Å². The molecule has 1 atom stereocenters. The SMILES string of the molecule is CC1=CCCN(C(=O)CC2CNc3ccccc32)C1. The second-order valence-electron chi connectivity index (χ2n) is 5.52. The minimum absolute atomic E-state index is 0.288. The first-order chi connectivity index (χ1) is 9.24. The lowest BCUT2D eigenvalue weighted by Crippen LogP contribution is -2.36. The van der Waals surface area contributed by atoms with Crippen molar-refractivity contribution < 1.29 is 4.79 Å². The van der Waals surface area contributed by atoms with E-state index in [0.717, 1.165) is 26.1 Å². The van der Waals surface area contributed by atoms with E-state index in [1.165, 1.54) is 16.8 Å². The van der Waals surface area contributed by atoms with Crippen LogP contribution in [0, 0.1) is 0 Å². The van der Waals surface area contributed by atoms with Gasteiger partial charge in [0.25, 0.3) is 0 Å². The van der Waals surface area contributed by atoms with E-state index in [0.29, 0.717) is 12.3 Å². The number of rotatable bonds is 2. The molecule has 19 heavy (non-hydrogen) atoms. The van der Waals surface area contributed by atoms with E-state index in [2.05, 4.69) is 36.5 Å². The molecular formula is C16H20N2O. The molecular weight excluding hydrogens is 236 g/mol. The molecule has 0 radical (unpaired) electrons. The third-order valence-corrected chi connectivity index (χ3v) is 4.05. The lowest BCUT2D eigenvalue weighted by Gasteiger charge is -2.27. The molecule has 0 saturated heterocycles. The highest BCUT2D eigenvalue weighted by atomic mass is 16.2. The summed E-state index contributed by atoms with van der Waals surface area (Å²) in [5.74, 6) is 0.617. The number of amides is 1. The van der Waals surface area contributed by atoms with Gasteiger partial charge in [0.05, 0.1) is 0 Å². The molecule has 1 aromatic carbocycles. The molecule has 2 aliphatic rings. The third-order valence-electron chi connectivity index (χ3n) is 4.05. The minimum atomic E-state index is 0.288. The van der Waals surface area contributed by atoms with Crippen molar-refractivity contribution in [2.45, 2.75) is 25.7 Å². The van der Waals surface area contributed by atoms with Crippen LogP contribution in [-0.4, -0.2) is 30.4 Å². The fraction of sp³-hybridized carbons (Fsp3) is 0.438. The molecule has 1 unspecified atom stereocenters. The summed E-state index contributed by atoms with van der Waals surface area (Å²) in [5, 5.41) is 3.39. The number of anilines is 1. The second-order valence-corrected chi connectivity index (χ2v) is 5.52. The van der Waals surface area contributed by atoms with Gasteiger partial charge >= 0.3 is 0 Å². The van der Waals surface area contributed by atoms with Crippen molar-refractivity contribution in [2.24, 2.45) is 0 Å². The standard InChI is InChI=1S/C16H20N2O/c1-12-5-4-8-18(11-12)16(19)9-13-10-17-15-7-3-2-6-14(13)15/h2-3,5-7,13,17H,4,8-11H2,1H3. The van der Waals surface area contributed by atoms with Crippen LogP contribution < -0.4 is 5.32 Å². The molecule has 0 saturated carbocycles. The van der Waals surface area contributed by atoms with Gasteiger partial charge in [-0.25, -0.2) is 0 Å². The molecule has 0 aliphatic carbocycles. The van der Waals surface area contributed by atoms with Gasteiger partial charge in [-0.05, 0) is 25.0 Å². The molecule has 3 rings (SSSR count).